The number of nitrogens with two attached hydrogens (primary N) is 1. The van der Waals surface area contributed by atoms with Gasteiger partial charge >= 0.3 is 0 Å². The van der Waals surface area contributed by atoms with Gasteiger partial charge in [0.2, 0.25) is 21.9 Å². The minimum Gasteiger partial charge on any atom is -0.366 e. The molecule has 0 spiro atoms. The van der Waals surface area contributed by atoms with Crippen molar-refractivity contribution in [1.29, 1.82) is 0 Å². The van der Waals surface area contributed by atoms with Crippen molar-refractivity contribution in [2.75, 3.05) is 16.0 Å². The molecular weight excluding hydrogens is 548 g/mol. The zero-order valence-electron chi connectivity index (χ0n) is 21.9. The third-order valence-corrected chi connectivity index (χ3v) is 6.87. The van der Waals surface area contributed by atoms with E-state index in [-0.39, 0.29) is 18.2 Å². The van der Waals surface area contributed by atoms with Crippen LogP contribution in [0.2, 0.25) is 0 Å². The average Bonchev–Trinajstić information content (AvgIpc) is 3.28. The van der Waals surface area contributed by atoms with Gasteiger partial charge < -0.3 is 20.5 Å². The van der Waals surface area contributed by atoms with Crippen LogP contribution in [0.15, 0.2) is 85.1 Å². The normalized spacial score (nSPS) is 11.2. The number of anilines is 4. The van der Waals surface area contributed by atoms with Crippen LogP contribution in [-0.4, -0.2) is 27.9 Å². The quantitative estimate of drug-likeness (QED) is 0.171. The number of aryl methyl sites for hydroxylation is 1. The van der Waals surface area contributed by atoms with Crippen LogP contribution in [0.4, 0.5) is 23.4 Å². The molecule has 5 rings (SSSR count). The predicted octanol–water partition coefficient (Wildman–Crippen LogP) is 5.02. The Hall–Kier alpha value is -4.19. The maximum Gasteiger partial charge on any atom is 0.229 e. The molecule has 0 radical (unpaired) electrons. The first-order chi connectivity index (χ1) is 18.9. The Morgan fingerprint density at radius 1 is 0.850 bits per heavy atom. The van der Waals surface area contributed by atoms with Crippen molar-refractivity contribution in [1.82, 2.24) is 19.5 Å². The third kappa shape index (κ3) is 7.47. The molecule has 0 aliphatic rings. The summed E-state index contributed by atoms with van der Waals surface area (Å²) in [7, 11) is -3.57. The molecule has 0 saturated carbocycles. The van der Waals surface area contributed by atoms with E-state index >= 15 is 0 Å². The van der Waals surface area contributed by atoms with Gasteiger partial charge in [-0.15, -0.1) is 12.4 Å². The highest BCUT2D eigenvalue weighted by atomic mass is 35.5. The Bertz CT molecular complexity index is 1680. The van der Waals surface area contributed by atoms with Gasteiger partial charge in [0.05, 0.1) is 16.8 Å². The van der Waals surface area contributed by atoms with Crippen LogP contribution >= 0.6 is 12.4 Å². The molecule has 5 N–H and O–H groups in total. The number of fused-ring (bicyclic) bond motifs is 1. The number of imidazole rings is 1. The van der Waals surface area contributed by atoms with E-state index in [2.05, 4.69) is 67.7 Å². The second-order valence-corrected chi connectivity index (χ2v) is 10.7. The molecule has 12 heteroatoms. The van der Waals surface area contributed by atoms with Crippen molar-refractivity contribution in [2.45, 2.75) is 32.3 Å². The maximum atomic E-state index is 11.3. The molecule has 5 aromatic rings. The Balaban J connectivity index is 0.00000370. The molecule has 0 fully saturated rings. The number of hydrogen-bond acceptors (Lipinski definition) is 8. The predicted molar refractivity (Wildman–Crippen MR) is 162 cm³/mol. The van der Waals surface area contributed by atoms with Gasteiger partial charge in [-0.3, -0.25) is 0 Å². The Labute approximate surface area is 239 Å². The SMILES string of the molecule is CCn1c(NCc2ccccc2)nc2cc(CNc3ccnc(Nc4ccc(CS(N)(=O)=O)cc4)n3)ccc21.Cl. The standard InChI is InChI=1S/C28H30N8O2S.ClH/c1-2-36-25-13-10-22(16-24(25)34-28(36)32-17-20-6-4-3-5-7-20)18-31-26-14-15-30-27(35-26)33-23-11-8-21(9-12-23)19-39(29,37)38;/h3-16H,2,17-19H2,1H3,(H,32,34)(H2,29,37,38)(H2,30,31,33,35);1H. The van der Waals surface area contributed by atoms with Gasteiger partial charge in [0.1, 0.15) is 5.82 Å². The number of rotatable bonds is 11. The van der Waals surface area contributed by atoms with E-state index in [1.807, 2.05) is 18.2 Å². The van der Waals surface area contributed by atoms with Crippen LogP contribution in [0.25, 0.3) is 11.0 Å². The van der Waals surface area contributed by atoms with E-state index in [9.17, 15) is 8.42 Å². The Morgan fingerprint density at radius 3 is 2.30 bits per heavy atom. The van der Waals surface area contributed by atoms with Crippen LogP contribution in [0.1, 0.15) is 23.6 Å². The van der Waals surface area contributed by atoms with E-state index in [0.29, 0.717) is 30.4 Å². The molecule has 0 aliphatic carbocycles. The highest BCUT2D eigenvalue weighted by molar-refractivity contribution is 7.88. The van der Waals surface area contributed by atoms with Gasteiger partial charge in [-0.1, -0.05) is 48.5 Å². The monoisotopic (exact) mass is 578 g/mol. The van der Waals surface area contributed by atoms with Crippen LogP contribution in [-0.2, 0) is 35.4 Å². The minimum absolute atomic E-state index is 0. The molecule has 0 amide bonds. The lowest BCUT2D eigenvalue weighted by atomic mass is 10.2. The van der Waals surface area contributed by atoms with E-state index in [0.717, 1.165) is 34.8 Å². The zero-order chi connectivity index (χ0) is 27.2. The molecular formula is C28H31ClN8O2S. The molecule has 3 aromatic carbocycles. The molecule has 2 aromatic heterocycles. The first-order valence-corrected chi connectivity index (χ1v) is 14.3. The molecule has 208 valence electrons. The number of nitrogens with zero attached hydrogens (tertiary/aromatic N) is 4. The van der Waals surface area contributed by atoms with Gasteiger partial charge in [0, 0.05) is 31.5 Å². The lowest BCUT2D eigenvalue weighted by molar-refractivity contribution is 0.597. The Morgan fingerprint density at radius 2 is 1.57 bits per heavy atom. The van der Waals surface area contributed by atoms with Crippen molar-refractivity contribution < 1.29 is 8.42 Å². The van der Waals surface area contributed by atoms with Crippen molar-refractivity contribution in [3.05, 3.63) is 102 Å². The number of benzene rings is 3. The van der Waals surface area contributed by atoms with Crippen molar-refractivity contribution >= 4 is 56.9 Å². The molecule has 10 nitrogen and oxygen atoms in total. The molecule has 0 aliphatic heterocycles. The van der Waals surface area contributed by atoms with Gasteiger partial charge in [-0.2, -0.15) is 4.98 Å². The molecule has 2 heterocycles. The average molecular weight is 579 g/mol. The van der Waals surface area contributed by atoms with E-state index in [4.69, 9.17) is 10.1 Å². The fourth-order valence-corrected chi connectivity index (χ4v) is 4.93. The highest BCUT2D eigenvalue weighted by Crippen LogP contribution is 2.22. The third-order valence-electron chi connectivity index (χ3n) is 6.13. The number of primary sulfonamides is 1. The molecule has 0 unspecified atom stereocenters. The number of nitrogens with one attached hydrogen (secondary N) is 3. The number of sulfonamides is 1. The van der Waals surface area contributed by atoms with Crippen LogP contribution in [0.3, 0.4) is 0 Å². The lowest BCUT2D eigenvalue weighted by Gasteiger charge is -2.10. The fourth-order valence-electron chi connectivity index (χ4n) is 4.27. The summed E-state index contributed by atoms with van der Waals surface area (Å²) in [6.07, 6.45) is 1.67. The second-order valence-electron chi connectivity index (χ2n) is 9.09. The summed E-state index contributed by atoms with van der Waals surface area (Å²) < 4.78 is 24.7. The van der Waals surface area contributed by atoms with Crippen molar-refractivity contribution in [3.63, 3.8) is 0 Å². The summed E-state index contributed by atoms with van der Waals surface area (Å²) in [4.78, 5) is 13.7. The Kier molecular flexibility index (Phi) is 9.20. The van der Waals surface area contributed by atoms with E-state index in [1.165, 1.54) is 5.56 Å². The summed E-state index contributed by atoms with van der Waals surface area (Å²) in [5.74, 6) is 1.73. The van der Waals surface area contributed by atoms with Crippen LogP contribution < -0.4 is 21.1 Å². The van der Waals surface area contributed by atoms with E-state index < -0.39 is 10.0 Å². The van der Waals surface area contributed by atoms with Crippen molar-refractivity contribution in [3.8, 4) is 0 Å². The fraction of sp³-hybridized carbons (Fsp3) is 0.179. The second kappa shape index (κ2) is 12.8. The minimum atomic E-state index is -3.57. The summed E-state index contributed by atoms with van der Waals surface area (Å²) in [5, 5.41) is 15.1. The summed E-state index contributed by atoms with van der Waals surface area (Å²) in [6, 6.07) is 25.3. The lowest BCUT2D eigenvalue weighted by Crippen LogP contribution is -2.14. The van der Waals surface area contributed by atoms with Crippen LogP contribution in [0.5, 0.6) is 0 Å². The van der Waals surface area contributed by atoms with Crippen LogP contribution in [0, 0.1) is 0 Å². The summed E-state index contributed by atoms with van der Waals surface area (Å²) in [6.45, 7) is 4.21. The number of halogens is 1. The first kappa shape index (κ1) is 28.8. The largest absolute Gasteiger partial charge is 0.366 e. The van der Waals surface area contributed by atoms with Gasteiger partial charge in [-0.05, 0) is 53.9 Å². The number of aromatic nitrogens is 4. The molecule has 0 atom stereocenters. The molecule has 0 bridgehead atoms. The van der Waals surface area contributed by atoms with Crippen molar-refractivity contribution in [2.24, 2.45) is 5.14 Å². The smallest absolute Gasteiger partial charge is 0.229 e. The highest BCUT2D eigenvalue weighted by Gasteiger charge is 2.11. The summed E-state index contributed by atoms with van der Waals surface area (Å²) >= 11 is 0. The molecule has 40 heavy (non-hydrogen) atoms. The number of hydrogen-bond donors (Lipinski definition) is 4. The zero-order valence-corrected chi connectivity index (χ0v) is 23.5. The van der Waals surface area contributed by atoms with Gasteiger partial charge in [0.15, 0.2) is 0 Å². The van der Waals surface area contributed by atoms with E-state index in [1.54, 1.807) is 36.5 Å². The van der Waals surface area contributed by atoms with Gasteiger partial charge in [0.25, 0.3) is 0 Å². The first-order valence-electron chi connectivity index (χ1n) is 12.6. The maximum absolute atomic E-state index is 11.3. The van der Waals surface area contributed by atoms with Gasteiger partial charge in [-0.25, -0.2) is 23.5 Å². The molecule has 0 saturated heterocycles. The topological polar surface area (TPSA) is 140 Å². The summed E-state index contributed by atoms with van der Waals surface area (Å²) in [5.41, 5.74) is 5.65.